The second-order valence-corrected chi connectivity index (χ2v) is 5.67. The topological polar surface area (TPSA) is 46.2 Å². The van der Waals surface area contributed by atoms with Crippen LogP contribution in [0.5, 0.6) is 0 Å². The van der Waals surface area contributed by atoms with Crippen molar-refractivity contribution in [3.8, 4) is 0 Å². The van der Waals surface area contributed by atoms with Gasteiger partial charge in [-0.25, -0.2) is 8.42 Å². The first-order chi connectivity index (χ1) is 7.74. The molecule has 96 valence electrons. The normalized spacial score (nSPS) is 12.5. The van der Waals surface area contributed by atoms with Gasteiger partial charge in [0.25, 0.3) is 0 Å². The maximum absolute atomic E-state index is 11.9. The van der Waals surface area contributed by atoms with Gasteiger partial charge in [0.05, 0.1) is 10.6 Å². The largest absolute Gasteiger partial charge is 0.405 e. The summed E-state index contributed by atoms with van der Waals surface area (Å²) in [7, 11) is -3.31. The highest BCUT2D eigenvalue weighted by Crippen LogP contribution is 2.18. The first kappa shape index (κ1) is 13.8. The zero-order valence-electron chi connectivity index (χ0n) is 9.08. The average molecular weight is 267 g/mol. The predicted octanol–water partition coefficient (Wildman–Crippen LogP) is 2.45. The summed E-state index contributed by atoms with van der Waals surface area (Å²) in [5.74, 6) is -0.0394. The van der Waals surface area contributed by atoms with Crippen LogP contribution in [-0.2, 0) is 9.84 Å². The Hall–Kier alpha value is -1.24. The Morgan fingerprint density at radius 3 is 2.12 bits per heavy atom. The van der Waals surface area contributed by atoms with Crippen LogP contribution in [0.2, 0.25) is 0 Å². The summed E-state index contributed by atoms with van der Waals surface area (Å²) in [6, 6.07) is 5.21. The van der Waals surface area contributed by atoms with Crippen molar-refractivity contribution in [2.45, 2.75) is 18.0 Å². The monoisotopic (exact) mass is 267 g/mol. The third-order valence-corrected chi connectivity index (χ3v) is 3.84. The molecule has 0 saturated carbocycles. The van der Waals surface area contributed by atoms with Crippen LogP contribution in [0.4, 0.5) is 18.9 Å². The lowest BCUT2D eigenvalue weighted by atomic mass is 10.3. The summed E-state index contributed by atoms with van der Waals surface area (Å²) in [6.07, 6.45) is -4.30. The van der Waals surface area contributed by atoms with Gasteiger partial charge in [0.15, 0.2) is 9.84 Å². The van der Waals surface area contributed by atoms with E-state index in [1.165, 1.54) is 31.2 Å². The number of alkyl halides is 3. The van der Waals surface area contributed by atoms with Gasteiger partial charge in [-0.2, -0.15) is 13.2 Å². The van der Waals surface area contributed by atoms with E-state index in [0.29, 0.717) is 0 Å². The van der Waals surface area contributed by atoms with Crippen LogP contribution < -0.4 is 5.32 Å². The minimum absolute atomic E-state index is 0.0394. The van der Waals surface area contributed by atoms with Gasteiger partial charge in [-0.05, 0) is 24.3 Å². The molecule has 0 fully saturated rings. The highest BCUT2D eigenvalue weighted by Gasteiger charge is 2.26. The van der Waals surface area contributed by atoms with Gasteiger partial charge < -0.3 is 5.32 Å². The van der Waals surface area contributed by atoms with Gasteiger partial charge in [-0.15, -0.1) is 0 Å². The second kappa shape index (κ2) is 4.95. The molecule has 0 spiro atoms. The fourth-order valence-corrected chi connectivity index (χ4v) is 2.03. The molecule has 1 N–H and O–H groups in total. The standard InChI is InChI=1S/C10H12F3NO2S/c1-2-17(15,16)9-5-3-8(4-6-9)14-7-10(11,12)13/h3-6,14H,2,7H2,1H3. The Kier molecular flexibility index (Phi) is 4.03. The molecule has 0 aliphatic carbocycles. The average Bonchev–Trinajstić information content (AvgIpc) is 2.26. The molecule has 3 nitrogen and oxygen atoms in total. The number of benzene rings is 1. The van der Waals surface area contributed by atoms with E-state index < -0.39 is 22.6 Å². The Labute approximate surface area is 97.6 Å². The minimum Gasteiger partial charge on any atom is -0.376 e. The molecular formula is C10H12F3NO2S. The molecule has 0 heterocycles. The van der Waals surface area contributed by atoms with E-state index in [0.717, 1.165) is 0 Å². The molecule has 0 saturated heterocycles. The number of hydrogen-bond acceptors (Lipinski definition) is 3. The molecule has 0 aromatic heterocycles. The zero-order valence-corrected chi connectivity index (χ0v) is 9.90. The molecule has 0 aliphatic heterocycles. The van der Waals surface area contributed by atoms with Gasteiger partial charge in [-0.1, -0.05) is 6.92 Å². The summed E-state index contributed by atoms with van der Waals surface area (Å²) < 4.78 is 58.6. The van der Waals surface area contributed by atoms with Crippen molar-refractivity contribution in [3.05, 3.63) is 24.3 Å². The summed E-state index contributed by atoms with van der Waals surface area (Å²) in [5.41, 5.74) is 0.234. The van der Waals surface area contributed by atoms with E-state index in [1.807, 2.05) is 0 Å². The number of rotatable bonds is 4. The predicted molar refractivity (Wildman–Crippen MR) is 58.7 cm³/mol. The molecule has 0 atom stereocenters. The van der Waals surface area contributed by atoms with Crippen molar-refractivity contribution in [2.75, 3.05) is 17.6 Å². The smallest absolute Gasteiger partial charge is 0.376 e. The third-order valence-electron chi connectivity index (χ3n) is 2.09. The van der Waals surface area contributed by atoms with Gasteiger partial charge in [0.2, 0.25) is 0 Å². The number of sulfone groups is 1. The van der Waals surface area contributed by atoms with Crippen molar-refractivity contribution in [3.63, 3.8) is 0 Å². The number of anilines is 1. The first-order valence-corrected chi connectivity index (χ1v) is 6.53. The molecule has 17 heavy (non-hydrogen) atoms. The molecule has 0 amide bonds. The van der Waals surface area contributed by atoms with Crippen molar-refractivity contribution in [1.82, 2.24) is 0 Å². The zero-order chi connectivity index (χ0) is 13.1. The lowest BCUT2D eigenvalue weighted by molar-refractivity contribution is -0.115. The molecule has 0 unspecified atom stereocenters. The quantitative estimate of drug-likeness (QED) is 0.911. The van der Waals surface area contributed by atoms with Crippen molar-refractivity contribution in [1.29, 1.82) is 0 Å². The molecule has 1 aromatic rings. The molecule has 0 radical (unpaired) electrons. The summed E-state index contributed by atoms with van der Waals surface area (Å²) in [6.45, 7) is 0.359. The highest BCUT2D eigenvalue weighted by atomic mass is 32.2. The van der Waals surface area contributed by atoms with E-state index in [2.05, 4.69) is 5.32 Å². The summed E-state index contributed by atoms with van der Waals surface area (Å²) >= 11 is 0. The third kappa shape index (κ3) is 4.26. The number of halogens is 3. The van der Waals surface area contributed by atoms with Crippen molar-refractivity contribution in [2.24, 2.45) is 0 Å². The van der Waals surface area contributed by atoms with Crippen LogP contribution in [0.3, 0.4) is 0 Å². The van der Waals surface area contributed by atoms with Crippen LogP contribution in [0, 0.1) is 0 Å². The Bertz CT molecular complexity index is 465. The van der Waals surface area contributed by atoms with Gasteiger partial charge in [0.1, 0.15) is 6.54 Å². The maximum atomic E-state index is 11.9. The molecule has 1 aromatic carbocycles. The number of nitrogens with one attached hydrogen (secondary N) is 1. The molecule has 0 bridgehead atoms. The van der Waals surface area contributed by atoms with Crippen LogP contribution in [0.25, 0.3) is 0 Å². The molecule has 1 rings (SSSR count). The van der Waals surface area contributed by atoms with E-state index in [9.17, 15) is 21.6 Å². The fourth-order valence-electron chi connectivity index (χ4n) is 1.15. The van der Waals surface area contributed by atoms with Gasteiger partial charge >= 0.3 is 6.18 Å². The van der Waals surface area contributed by atoms with Gasteiger partial charge in [0, 0.05) is 5.69 Å². The lowest BCUT2D eigenvalue weighted by Gasteiger charge is -2.09. The van der Waals surface area contributed by atoms with Crippen LogP contribution in [-0.4, -0.2) is 26.9 Å². The summed E-state index contributed by atoms with van der Waals surface area (Å²) in [4.78, 5) is 0.109. The Morgan fingerprint density at radius 1 is 1.18 bits per heavy atom. The highest BCUT2D eigenvalue weighted by molar-refractivity contribution is 7.91. The van der Waals surface area contributed by atoms with E-state index >= 15 is 0 Å². The SMILES string of the molecule is CCS(=O)(=O)c1ccc(NCC(F)(F)F)cc1. The Balaban J connectivity index is 2.76. The minimum atomic E-state index is -4.30. The summed E-state index contributed by atoms with van der Waals surface area (Å²) in [5, 5.41) is 2.16. The Morgan fingerprint density at radius 2 is 1.71 bits per heavy atom. The first-order valence-electron chi connectivity index (χ1n) is 4.88. The molecule has 0 aliphatic rings. The fraction of sp³-hybridized carbons (Fsp3) is 0.400. The molecule has 7 heteroatoms. The van der Waals surface area contributed by atoms with Crippen LogP contribution >= 0.6 is 0 Å². The maximum Gasteiger partial charge on any atom is 0.405 e. The second-order valence-electron chi connectivity index (χ2n) is 3.40. The van der Waals surface area contributed by atoms with E-state index in [1.54, 1.807) is 0 Å². The lowest BCUT2D eigenvalue weighted by Crippen LogP contribution is -2.21. The van der Waals surface area contributed by atoms with E-state index in [-0.39, 0.29) is 16.3 Å². The molecular weight excluding hydrogens is 255 g/mol. The van der Waals surface area contributed by atoms with Crippen molar-refractivity contribution >= 4 is 15.5 Å². The van der Waals surface area contributed by atoms with E-state index in [4.69, 9.17) is 0 Å². The number of hydrogen-bond donors (Lipinski definition) is 1. The van der Waals surface area contributed by atoms with Crippen LogP contribution in [0.1, 0.15) is 6.92 Å². The van der Waals surface area contributed by atoms with Crippen LogP contribution in [0.15, 0.2) is 29.2 Å². The van der Waals surface area contributed by atoms with Crippen molar-refractivity contribution < 1.29 is 21.6 Å². The van der Waals surface area contributed by atoms with Gasteiger partial charge in [-0.3, -0.25) is 0 Å².